The van der Waals surface area contributed by atoms with Crippen molar-refractivity contribution in [3.05, 3.63) is 35.4 Å². The summed E-state index contributed by atoms with van der Waals surface area (Å²) in [6, 6.07) is 8.66. The van der Waals surface area contributed by atoms with Crippen LogP contribution >= 0.6 is 0 Å². The molecular formula is C19H30N4O. The Morgan fingerprint density at radius 1 is 1.17 bits per heavy atom. The van der Waals surface area contributed by atoms with E-state index in [1.165, 1.54) is 5.56 Å². The molecule has 1 aromatic carbocycles. The summed E-state index contributed by atoms with van der Waals surface area (Å²) >= 11 is 0. The first-order chi connectivity index (χ1) is 11.6. The van der Waals surface area contributed by atoms with E-state index in [0.29, 0.717) is 6.04 Å². The van der Waals surface area contributed by atoms with Crippen molar-refractivity contribution in [2.45, 2.75) is 44.3 Å². The molecule has 1 aliphatic heterocycles. The van der Waals surface area contributed by atoms with Crippen molar-refractivity contribution >= 4 is 5.91 Å². The van der Waals surface area contributed by atoms with Gasteiger partial charge in [0, 0.05) is 50.4 Å². The van der Waals surface area contributed by atoms with Gasteiger partial charge in [0.2, 0.25) is 0 Å². The van der Waals surface area contributed by atoms with E-state index in [9.17, 15) is 4.79 Å². The van der Waals surface area contributed by atoms with Crippen LogP contribution in [0.25, 0.3) is 0 Å². The standard InChI is InChI=1S/C19H30N4O/c1-22-9-11-23(12-10-22)14-15-3-2-4-16(13-15)19(24)21-18-7-5-17(20)6-8-18/h2-4,13,17-18H,5-12,14,20H2,1H3,(H,21,24). The minimum Gasteiger partial charge on any atom is -0.349 e. The molecule has 0 bridgehead atoms. The van der Waals surface area contributed by atoms with Gasteiger partial charge in [0.15, 0.2) is 0 Å². The Bertz CT molecular complexity index is 546. The Balaban J connectivity index is 1.55. The number of rotatable bonds is 4. The summed E-state index contributed by atoms with van der Waals surface area (Å²) in [5.41, 5.74) is 7.93. The number of carbonyl (C=O) groups is 1. The zero-order chi connectivity index (χ0) is 16.9. The van der Waals surface area contributed by atoms with E-state index in [0.717, 1.165) is 64.0 Å². The highest BCUT2D eigenvalue weighted by Gasteiger charge is 2.21. The number of piperazine rings is 1. The van der Waals surface area contributed by atoms with Crippen LogP contribution in [0.15, 0.2) is 24.3 Å². The van der Waals surface area contributed by atoms with Crippen molar-refractivity contribution in [3.63, 3.8) is 0 Å². The lowest BCUT2D eigenvalue weighted by atomic mass is 9.91. The van der Waals surface area contributed by atoms with E-state index in [4.69, 9.17) is 5.73 Å². The van der Waals surface area contributed by atoms with Crippen LogP contribution in [0, 0.1) is 0 Å². The predicted molar refractivity (Wildman–Crippen MR) is 96.9 cm³/mol. The van der Waals surface area contributed by atoms with Crippen molar-refractivity contribution in [1.29, 1.82) is 0 Å². The van der Waals surface area contributed by atoms with Gasteiger partial charge in [-0.2, -0.15) is 0 Å². The molecule has 3 rings (SSSR count). The van der Waals surface area contributed by atoms with Crippen LogP contribution in [0.2, 0.25) is 0 Å². The van der Waals surface area contributed by atoms with Crippen molar-refractivity contribution in [2.75, 3.05) is 33.2 Å². The molecule has 132 valence electrons. The number of hydrogen-bond acceptors (Lipinski definition) is 4. The highest BCUT2D eigenvalue weighted by molar-refractivity contribution is 5.94. The smallest absolute Gasteiger partial charge is 0.251 e. The molecule has 5 nitrogen and oxygen atoms in total. The number of nitrogens with one attached hydrogen (secondary N) is 1. The van der Waals surface area contributed by atoms with Gasteiger partial charge >= 0.3 is 0 Å². The minimum absolute atomic E-state index is 0.0516. The van der Waals surface area contributed by atoms with Gasteiger partial charge in [0.1, 0.15) is 0 Å². The lowest BCUT2D eigenvalue weighted by Gasteiger charge is -2.32. The molecule has 1 aromatic rings. The van der Waals surface area contributed by atoms with Gasteiger partial charge in [0.05, 0.1) is 0 Å². The summed E-state index contributed by atoms with van der Waals surface area (Å²) in [6.07, 6.45) is 4.00. The molecular weight excluding hydrogens is 300 g/mol. The molecule has 5 heteroatoms. The van der Waals surface area contributed by atoms with Crippen LogP contribution < -0.4 is 11.1 Å². The topological polar surface area (TPSA) is 61.6 Å². The van der Waals surface area contributed by atoms with E-state index in [2.05, 4.69) is 28.2 Å². The van der Waals surface area contributed by atoms with Crippen molar-refractivity contribution in [2.24, 2.45) is 5.73 Å². The van der Waals surface area contributed by atoms with Gasteiger partial charge in [0.25, 0.3) is 5.91 Å². The second-order valence-electron chi connectivity index (χ2n) is 7.36. The highest BCUT2D eigenvalue weighted by atomic mass is 16.1. The summed E-state index contributed by atoms with van der Waals surface area (Å²) in [7, 11) is 2.17. The first-order valence-electron chi connectivity index (χ1n) is 9.16. The zero-order valence-corrected chi connectivity index (χ0v) is 14.7. The summed E-state index contributed by atoms with van der Waals surface area (Å²) in [6.45, 7) is 5.34. The third kappa shape index (κ3) is 4.79. The fourth-order valence-electron chi connectivity index (χ4n) is 3.61. The van der Waals surface area contributed by atoms with Crippen LogP contribution in [-0.4, -0.2) is 61.0 Å². The van der Waals surface area contributed by atoms with Crippen LogP contribution in [-0.2, 0) is 6.54 Å². The molecule has 2 fully saturated rings. The summed E-state index contributed by atoms with van der Waals surface area (Å²) in [5.74, 6) is 0.0516. The fourth-order valence-corrected chi connectivity index (χ4v) is 3.61. The SMILES string of the molecule is CN1CCN(Cc2cccc(C(=O)NC3CCC(N)CC3)c2)CC1. The summed E-state index contributed by atoms with van der Waals surface area (Å²) < 4.78 is 0. The molecule has 0 spiro atoms. The lowest BCUT2D eigenvalue weighted by molar-refractivity contribution is 0.0925. The summed E-state index contributed by atoms with van der Waals surface area (Å²) in [4.78, 5) is 17.3. The van der Waals surface area contributed by atoms with E-state index in [1.807, 2.05) is 18.2 Å². The maximum atomic E-state index is 12.5. The van der Waals surface area contributed by atoms with Crippen molar-refractivity contribution in [1.82, 2.24) is 15.1 Å². The van der Waals surface area contributed by atoms with Gasteiger partial charge in [-0.1, -0.05) is 12.1 Å². The number of likely N-dealkylation sites (N-methyl/N-ethyl adjacent to an activating group) is 1. The Kier molecular flexibility index (Phi) is 5.87. The zero-order valence-electron chi connectivity index (χ0n) is 14.7. The quantitative estimate of drug-likeness (QED) is 0.877. The minimum atomic E-state index is 0.0516. The van der Waals surface area contributed by atoms with Crippen LogP contribution in [0.1, 0.15) is 41.6 Å². The van der Waals surface area contributed by atoms with Crippen molar-refractivity contribution in [3.8, 4) is 0 Å². The molecule has 1 heterocycles. The lowest BCUT2D eigenvalue weighted by Crippen LogP contribution is -2.43. The van der Waals surface area contributed by atoms with Gasteiger partial charge in [-0.25, -0.2) is 0 Å². The van der Waals surface area contributed by atoms with E-state index in [-0.39, 0.29) is 11.9 Å². The molecule has 0 unspecified atom stereocenters. The average Bonchev–Trinajstić information content (AvgIpc) is 2.59. The van der Waals surface area contributed by atoms with Gasteiger partial charge in [-0.05, 0) is 50.4 Å². The number of nitrogens with two attached hydrogens (primary N) is 1. The first-order valence-corrected chi connectivity index (χ1v) is 9.16. The normalized spacial score (nSPS) is 26.2. The third-order valence-corrected chi connectivity index (χ3v) is 5.30. The third-order valence-electron chi connectivity index (χ3n) is 5.30. The second kappa shape index (κ2) is 8.10. The first kappa shape index (κ1) is 17.4. The number of carbonyl (C=O) groups excluding carboxylic acids is 1. The summed E-state index contributed by atoms with van der Waals surface area (Å²) in [5, 5.41) is 3.18. The molecule has 24 heavy (non-hydrogen) atoms. The monoisotopic (exact) mass is 330 g/mol. The maximum absolute atomic E-state index is 12.5. The van der Waals surface area contributed by atoms with Gasteiger partial charge < -0.3 is 16.0 Å². The van der Waals surface area contributed by atoms with E-state index < -0.39 is 0 Å². The molecule has 1 saturated heterocycles. The molecule has 1 aliphatic carbocycles. The molecule has 0 atom stereocenters. The Labute approximate surface area is 145 Å². The largest absolute Gasteiger partial charge is 0.349 e. The average molecular weight is 330 g/mol. The second-order valence-corrected chi connectivity index (χ2v) is 7.36. The van der Waals surface area contributed by atoms with Crippen molar-refractivity contribution < 1.29 is 4.79 Å². The molecule has 1 amide bonds. The molecule has 0 aromatic heterocycles. The Morgan fingerprint density at radius 2 is 1.88 bits per heavy atom. The number of hydrogen-bond donors (Lipinski definition) is 2. The van der Waals surface area contributed by atoms with Crippen LogP contribution in [0.4, 0.5) is 0 Å². The Hall–Kier alpha value is -1.43. The molecule has 0 radical (unpaired) electrons. The van der Waals surface area contributed by atoms with E-state index >= 15 is 0 Å². The number of amides is 1. The molecule has 2 aliphatic rings. The number of nitrogens with zero attached hydrogens (tertiary/aromatic N) is 2. The molecule has 1 saturated carbocycles. The Morgan fingerprint density at radius 3 is 2.58 bits per heavy atom. The number of benzene rings is 1. The van der Waals surface area contributed by atoms with Crippen LogP contribution in [0.3, 0.4) is 0 Å². The highest BCUT2D eigenvalue weighted by Crippen LogP contribution is 2.18. The van der Waals surface area contributed by atoms with Gasteiger partial charge in [-0.3, -0.25) is 9.69 Å². The van der Waals surface area contributed by atoms with Crippen LogP contribution in [0.5, 0.6) is 0 Å². The predicted octanol–water partition coefficient (Wildman–Crippen LogP) is 1.43. The maximum Gasteiger partial charge on any atom is 0.251 e. The van der Waals surface area contributed by atoms with Gasteiger partial charge in [-0.15, -0.1) is 0 Å². The molecule has 3 N–H and O–H groups in total. The van der Waals surface area contributed by atoms with E-state index in [1.54, 1.807) is 0 Å². The fraction of sp³-hybridized carbons (Fsp3) is 0.632.